The van der Waals surface area contributed by atoms with Crippen LogP contribution >= 0.6 is 0 Å². The van der Waals surface area contributed by atoms with Gasteiger partial charge >= 0.3 is 5.69 Å². The molecule has 3 aromatic heterocycles. The molecule has 3 heterocycles. The highest BCUT2D eigenvalue weighted by molar-refractivity contribution is 5.76. The van der Waals surface area contributed by atoms with Gasteiger partial charge < -0.3 is 9.84 Å². The second-order valence-corrected chi connectivity index (χ2v) is 5.87. The third kappa shape index (κ3) is 3.82. The third-order valence-corrected chi connectivity index (χ3v) is 3.73. The maximum Gasteiger partial charge on any atom is 0.348 e. The quantitative estimate of drug-likeness (QED) is 0.731. The van der Waals surface area contributed by atoms with Gasteiger partial charge in [-0.15, -0.1) is 0 Å². The molecule has 134 valence electrons. The zero-order valence-electron chi connectivity index (χ0n) is 14.6. The molecule has 1 atom stereocenters. The van der Waals surface area contributed by atoms with Crippen LogP contribution in [0.4, 0.5) is 0 Å². The van der Waals surface area contributed by atoms with Crippen LogP contribution in [0.25, 0.3) is 11.5 Å². The van der Waals surface area contributed by atoms with Crippen LogP contribution in [0.3, 0.4) is 0 Å². The average molecular weight is 354 g/mol. The van der Waals surface area contributed by atoms with Gasteiger partial charge in [-0.1, -0.05) is 11.2 Å². The molecular weight excluding hydrogens is 336 g/mol. The highest BCUT2D eigenvalue weighted by Gasteiger charge is 2.18. The molecule has 3 aromatic rings. The van der Waals surface area contributed by atoms with Gasteiger partial charge in [0.25, 0.3) is 0 Å². The molecular formula is C17H18N6O3. The number of hydrogen-bond donors (Lipinski definition) is 1. The Morgan fingerprint density at radius 1 is 1.31 bits per heavy atom. The third-order valence-electron chi connectivity index (χ3n) is 3.73. The molecule has 9 nitrogen and oxygen atoms in total. The van der Waals surface area contributed by atoms with Crippen molar-refractivity contribution < 1.29 is 9.32 Å². The van der Waals surface area contributed by atoms with Gasteiger partial charge in [-0.25, -0.2) is 4.79 Å². The van der Waals surface area contributed by atoms with Crippen molar-refractivity contribution in [1.82, 2.24) is 30.0 Å². The second kappa shape index (κ2) is 7.26. The fourth-order valence-electron chi connectivity index (χ4n) is 2.47. The molecule has 3 rings (SSSR count). The van der Waals surface area contributed by atoms with E-state index >= 15 is 0 Å². The minimum atomic E-state index is -0.512. The molecule has 0 spiro atoms. The van der Waals surface area contributed by atoms with E-state index in [0.29, 0.717) is 22.9 Å². The molecule has 1 N–H and O–H groups in total. The van der Waals surface area contributed by atoms with E-state index in [1.165, 1.54) is 4.57 Å². The van der Waals surface area contributed by atoms with Crippen LogP contribution in [0, 0.1) is 13.8 Å². The van der Waals surface area contributed by atoms with Crippen molar-refractivity contribution in [2.24, 2.45) is 0 Å². The molecule has 0 saturated heterocycles. The number of carbonyl (C=O) groups is 1. The molecule has 1 amide bonds. The highest BCUT2D eigenvalue weighted by Crippen LogP contribution is 2.16. The van der Waals surface area contributed by atoms with Crippen LogP contribution in [0.5, 0.6) is 0 Å². The number of aryl methyl sites for hydroxylation is 2. The fraction of sp³-hybridized carbons (Fsp3) is 0.294. The van der Waals surface area contributed by atoms with Crippen molar-refractivity contribution in [3.63, 3.8) is 0 Å². The first-order valence-corrected chi connectivity index (χ1v) is 8.03. The summed E-state index contributed by atoms with van der Waals surface area (Å²) in [7, 11) is 0. The van der Waals surface area contributed by atoms with Gasteiger partial charge in [0.1, 0.15) is 18.3 Å². The number of nitrogens with zero attached hydrogens (tertiary/aromatic N) is 5. The minimum absolute atomic E-state index is 0.135. The van der Waals surface area contributed by atoms with Crippen molar-refractivity contribution in [3.8, 4) is 11.5 Å². The number of hydrogen-bond acceptors (Lipinski definition) is 7. The molecule has 0 aromatic carbocycles. The Hall–Kier alpha value is -3.36. The van der Waals surface area contributed by atoms with Crippen LogP contribution in [0.1, 0.15) is 30.2 Å². The lowest BCUT2D eigenvalue weighted by Crippen LogP contribution is -2.35. The second-order valence-electron chi connectivity index (χ2n) is 5.87. The standard InChI is InChI=1S/C17H18N6O3/c1-10-8-11(2)23(17(25)19-10)9-14(24)20-12(3)16-21-15(22-26-16)13-6-4-5-7-18-13/h4-8,12H,9H2,1-3H3,(H,20,24). The number of amides is 1. The summed E-state index contributed by atoms with van der Waals surface area (Å²) in [5, 5.41) is 6.61. The van der Waals surface area contributed by atoms with Gasteiger partial charge in [0.15, 0.2) is 0 Å². The number of nitrogens with one attached hydrogen (secondary N) is 1. The van der Waals surface area contributed by atoms with Crippen LogP contribution in [-0.2, 0) is 11.3 Å². The van der Waals surface area contributed by atoms with Gasteiger partial charge in [0, 0.05) is 17.6 Å². The first-order valence-electron chi connectivity index (χ1n) is 8.03. The number of carbonyl (C=O) groups excluding carboxylic acids is 1. The normalized spacial score (nSPS) is 12.0. The summed E-state index contributed by atoms with van der Waals surface area (Å²) in [5.41, 5.74) is 1.40. The SMILES string of the molecule is Cc1cc(C)n(CC(=O)NC(C)c2nc(-c3ccccn3)no2)c(=O)n1. The molecule has 0 bridgehead atoms. The first kappa shape index (κ1) is 17.5. The summed E-state index contributed by atoms with van der Waals surface area (Å²) in [4.78, 5) is 36.4. The lowest BCUT2D eigenvalue weighted by Gasteiger charge is -2.12. The van der Waals surface area contributed by atoms with Gasteiger partial charge in [0.05, 0.1) is 0 Å². The Bertz CT molecular complexity index is 980. The fourth-order valence-corrected chi connectivity index (χ4v) is 2.47. The van der Waals surface area contributed by atoms with Gasteiger partial charge in [-0.2, -0.15) is 9.97 Å². The Morgan fingerprint density at radius 3 is 2.81 bits per heavy atom. The van der Waals surface area contributed by atoms with E-state index in [4.69, 9.17) is 4.52 Å². The minimum Gasteiger partial charge on any atom is -0.343 e. The Kier molecular flexibility index (Phi) is 4.87. The molecule has 0 fully saturated rings. The predicted octanol–water partition coefficient (Wildman–Crippen LogP) is 1.18. The number of rotatable bonds is 5. The molecule has 9 heteroatoms. The van der Waals surface area contributed by atoms with Gasteiger partial charge in [0.2, 0.25) is 17.6 Å². The Labute approximate surface area is 149 Å². The van der Waals surface area contributed by atoms with Crippen molar-refractivity contribution in [2.75, 3.05) is 0 Å². The van der Waals surface area contributed by atoms with Crippen molar-refractivity contribution in [2.45, 2.75) is 33.4 Å². The van der Waals surface area contributed by atoms with Crippen LogP contribution in [-0.4, -0.2) is 30.6 Å². The lowest BCUT2D eigenvalue weighted by molar-refractivity contribution is -0.122. The maximum absolute atomic E-state index is 12.3. The smallest absolute Gasteiger partial charge is 0.343 e. The predicted molar refractivity (Wildman–Crippen MR) is 92.1 cm³/mol. The summed E-state index contributed by atoms with van der Waals surface area (Å²) >= 11 is 0. The monoisotopic (exact) mass is 354 g/mol. The van der Waals surface area contributed by atoms with E-state index in [1.54, 1.807) is 45.2 Å². The highest BCUT2D eigenvalue weighted by atomic mass is 16.5. The Balaban J connectivity index is 1.69. The van der Waals surface area contributed by atoms with Crippen LogP contribution in [0.15, 0.2) is 39.8 Å². The molecule has 0 aliphatic rings. The van der Waals surface area contributed by atoms with E-state index in [-0.39, 0.29) is 18.3 Å². The van der Waals surface area contributed by atoms with Crippen molar-refractivity contribution in [3.05, 3.63) is 58.2 Å². The van der Waals surface area contributed by atoms with E-state index in [9.17, 15) is 9.59 Å². The molecule has 0 aliphatic carbocycles. The van der Waals surface area contributed by atoms with Crippen LogP contribution < -0.4 is 11.0 Å². The molecule has 0 radical (unpaired) electrons. The van der Waals surface area contributed by atoms with Crippen molar-refractivity contribution in [1.29, 1.82) is 0 Å². The maximum atomic E-state index is 12.3. The molecule has 0 saturated carbocycles. The Morgan fingerprint density at radius 2 is 2.12 bits per heavy atom. The number of aromatic nitrogens is 5. The van der Waals surface area contributed by atoms with E-state index in [0.717, 1.165) is 0 Å². The van der Waals surface area contributed by atoms with Crippen LogP contribution in [0.2, 0.25) is 0 Å². The molecule has 0 aliphatic heterocycles. The summed E-state index contributed by atoms with van der Waals surface area (Å²) in [5.74, 6) is 0.243. The summed E-state index contributed by atoms with van der Waals surface area (Å²) in [6.45, 7) is 5.07. The topological polar surface area (TPSA) is 116 Å². The zero-order valence-corrected chi connectivity index (χ0v) is 14.6. The summed E-state index contributed by atoms with van der Waals surface area (Å²) < 4.78 is 6.51. The van der Waals surface area contributed by atoms with E-state index in [1.807, 2.05) is 6.07 Å². The average Bonchev–Trinajstić information content (AvgIpc) is 3.09. The lowest BCUT2D eigenvalue weighted by atomic mass is 10.3. The summed E-state index contributed by atoms with van der Waals surface area (Å²) in [6.07, 6.45) is 1.63. The summed E-state index contributed by atoms with van der Waals surface area (Å²) in [6, 6.07) is 6.60. The first-order chi connectivity index (χ1) is 12.4. The zero-order chi connectivity index (χ0) is 18.7. The van der Waals surface area contributed by atoms with Gasteiger partial charge in [-0.3, -0.25) is 14.3 Å². The number of pyridine rings is 1. The molecule has 26 heavy (non-hydrogen) atoms. The molecule has 1 unspecified atom stereocenters. The van der Waals surface area contributed by atoms with E-state index < -0.39 is 11.7 Å². The van der Waals surface area contributed by atoms with Gasteiger partial charge in [-0.05, 0) is 39.0 Å². The van der Waals surface area contributed by atoms with E-state index in [2.05, 4.69) is 25.4 Å². The largest absolute Gasteiger partial charge is 0.348 e. The van der Waals surface area contributed by atoms with Crippen molar-refractivity contribution >= 4 is 5.91 Å².